The first-order chi connectivity index (χ1) is 10.5. The van der Waals surface area contributed by atoms with Crippen LogP contribution < -0.4 is 0 Å². The van der Waals surface area contributed by atoms with Crippen LogP contribution >= 0.6 is 0 Å². The predicted molar refractivity (Wildman–Crippen MR) is 88.8 cm³/mol. The van der Waals surface area contributed by atoms with E-state index in [0.29, 0.717) is 12.5 Å². The van der Waals surface area contributed by atoms with Crippen LogP contribution in [0.25, 0.3) is 11.0 Å². The lowest BCUT2D eigenvalue weighted by Crippen LogP contribution is -2.40. The van der Waals surface area contributed by atoms with E-state index in [0.717, 1.165) is 35.3 Å². The van der Waals surface area contributed by atoms with Crippen molar-refractivity contribution in [3.63, 3.8) is 0 Å². The molecule has 3 nitrogen and oxygen atoms in total. The Morgan fingerprint density at radius 1 is 1.27 bits per heavy atom. The molecule has 22 heavy (non-hydrogen) atoms. The first-order valence-corrected chi connectivity index (χ1v) is 8.27. The van der Waals surface area contributed by atoms with Crippen molar-refractivity contribution in [1.29, 1.82) is 0 Å². The van der Waals surface area contributed by atoms with E-state index in [1.165, 1.54) is 18.4 Å². The van der Waals surface area contributed by atoms with E-state index in [1.54, 1.807) is 6.26 Å². The molecule has 0 spiro atoms. The topological polar surface area (TPSA) is 33.5 Å². The molecule has 1 heterocycles. The third-order valence-electron chi connectivity index (χ3n) is 5.08. The third-order valence-corrected chi connectivity index (χ3v) is 5.08. The van der Waals surface area contributed by atoms with Gasteiger partial charge in [0.25, 0.3) is 0 Å². The number of carbonyl (C=O) groups excluding carboxylic acids is 1. The van der Waals surface area contributed by atoms with Crippen LogP contribution in [0.5, 0.6) is 0 Å². The van der Waals surface area contributed by atoms with Gasteiger partial charge in [0.1, 0.15) is 5.58 Å². The van der Waals surface area contributed by atoms with Crippen LogP contribution in [0.15, 0.2) is 28.9 Å². The number of amides is 1. The lowest BCUT2D eigenvalue weighted by Gasteiger charge is -2.33. The Morgan fingerprint density at radius 2 is 2.00 bits per heavy atom. The fourth-order valence-electron chi connectivity index (χ4n) is 3.45. The van der Waals surface area contributed by atoms with E-state index in [2.05, 4.69) is 19.1 Å². The Hall–Kier alpha value is -1.77. The van der Waals surface area contributed by atoms with Crippen molar-refractivity contribution in [2.45, 2.75) is 52.0 Å². The van der Waals surface area contributed by atoms with Crippen LogP contribution in [0, 0.1) is 12.8 Å². The van der Waals surface area contributed by atoms with Crippen molar-refractivity contribution in [3.8, 4) is 0 Å². The fourth-order valence-corrected chi connectivity index (χ4v) is 3.45. The molecule has 1 aromatic heterocycles. The van der Waals surface area contributed by atoms with Crippen molar-refractivity contribution in [2.75, 3.05) is 7.05 Å². The predicted octanol–water partition coefficient (Wildman–Crippen LogP) is 4.32. The second-order valence-electron chi connectivity index (χ2n) is 6.86. The van der Waals surface area contributed by atoms with E-state index in [4.69, 9.17) is 4.42 Å². The zero-order valence-electron chi connectivity index (χ0n) is 13.8. The molecule has 0 bridgehead atoms. The maximum Gasteiger partial charge on any atom is 0.227 e. The van der Waals surface area contributed by atoms with Crippen molar-refractivity contribution < 1.29 is 9.21 Å². The van der Waals surface area contributed by atoms with Crippen molar-refractivity contribution in [2.24, 2.45) is 5.92 Å². The molecule has 1 aliphatic rings. The van der Waals surface area contributed by atoms with Gasteiger partial charge in [0, 0.05) is 24.0 Å². The molecule has 1 aliphatic carbocycles. The van der Waals surface area contributed by atoms with Gasteiger partial charge in [-0.25, -0.2) is 0 Å². The van der Waals surface area contributed by atoms with Gasteiger partial charge in [-0.15, -0.1) is 0 Å². The summed E-state index contributed by atoms with van der Waals surface area (Å²) in [4.78, 5) is 14.5. The summed E-state index contributed by atoms with van der Waals surface area (Å²) in [6.45, 7) is 4.35. The number of rotatable bonds is 3. The van der Waals surface area contributed by atoms with Gasteiger partial charge in [-0.3, -0.25) is 4.79 Å². The molecule has 1 amide bonds. The van der Waals surface area contributed by atoms with E-state index < -0.39 is 0 Å². The van der Waals surface area contributed by atoms with Gasteiger partial charge in [0.05, 0.1) is 12.7 Å². The maximum absolute atomic E-state index is 12.6. The second-order valence-corrected chi connectivity index (χ2v) is 6.86. The van der Waals surface area contributed by atoms with Gasteiger partial charge >= 0.3 is 0 Å². The van der Waals surface area contributed by atoms with Crippen LogP contribution in [0.2, 0.25) is 0 Å². The van der Waals surface area contributed by atoms with Gasteiger partial charge in [0.2, 0.25) is 5.91 Å². The quantitative estimate of drug-likeness (QED) is 0.845. The van der Waals surface area contributed by atoms with Crippen LogP contribution in [0.1, 0.15) is 43.7 Å². The SMILES string of the molecule is Cc1ccc2c(CC(=O)N(C)C3CCC(C)CC3)coc2c1. The summed E-state index contributed by atoms with van der Waals surface area (Å²) in [7, 11) is 1.95. The summed E-state index contributed by atoms with van der Waals surface area (Å²) in [6.07, 6.45) is 6.90. The summed E-state index contributed by atoms with van der Waals surface area (Å²) in [5.74, 6) is 1.00. The number of carbonyl (C=O) groups is 1. The monoisotopic (exact) mass is 299 g/mol. The Bertz CT molecular complexity index is 665. The van der Waals surface area contributed by atoms with E-state index >= 15 is 0 Å². The number of aryl methyl sites for hydroxylation is 1. The molecule has 3 heteroatoms. The summed E-state index contributed by atoms with van der Waals surface area (Å²) in [5.41, 5.74) is 3.04. The van der Waals surface area contributed by atoms with Gasteiger partial charge in [-0.2, -0.15) is 0 Å². The smallest absolute Gasteiger partial charge is 0.227 e. The highest BCUT2D eigenvalue weighted by Crippen LogP contribution is 2.28. The number of nitrogens with zero attached hydrogens (tertiary/aromatic N) is 1. The van der Waals surface area contributed by atoms with Crippen LogP contribution in [-0.4, -0.2) is 23.9 Å². The zero-order chi connectivity index (χ0) is 15.7. The molecule has 1 fully saturated rings. The number of hydrogen-bond donors (Lipinski definition) is 0. The normalized spacial score (nSPS) is 22.0. The average Bonchev–Trinajstić information content (AvgIpc) is 2.89. The van der Waals surface area contributed by atoms with E-state index in [-0.39, 0.29) is 5.91 Å². The molecular weight excluding hydrogens is 274 g/mol. The first kappa shape index (κ1) is 15.1. The number of hydrogen-bond acceptors (Lipinski definition) is 2. The van der Waals surface area contributed by atoms with Crippen LogP contribution in [-0.2, 0) is 11.2 Å². The largest absolute Gasteiger partial charge is 0.464 e. The molecular formula is C19H25NO2. The Morgan fingerprint density at radius 3 is 2.73 bits per heavy atom. The number of benzene rings is 1. The van der Waals surface area contributed by atoms with Crippen molar-refractivity contribution in [1.82, 2.24) is 4.90 Å². The highest BCUT2D eigenvalue weighted by Gasteiger charge is 2.25. The molecule has 0 N–H and O–H groups in total. The second kappa shape index (κ2) is 6.15. The molecule has 0 radical (unpaired) electrons. The molecule has 0 atom stereocenters. The summed E-state index contributed by atoms with van der Waals surface area (Å²) >= 11 is 0. The highest BCUT2D eigenvalue weighted by atomic mass is 16.3. The molecule has 0 unspecified atom stereocenters. The highest BCUT2D eigenvalue weighted by molar-refractivity contribution is 5.88. The zero-order valence-corrected chi connectivity index (χ0v) is 13.8. The summed E-state index contributed by atoms with van der Waals surface area (Å²) < 4.78 is 5.60. The van der Waals surface area contributed by atoms with Crippen molar-refractivity contribution in [3.05, 3.63) is 35.6 Å². The molecule has 118 valence electrons. The molecule has 1 saturated carbocycles. The lowest BCUT2D eigenvalue weighted by atomic mass is 9.86. The molecule has 0 aliphatic heterocycles. The Kier molecular flexibility index (Phi) is 4.23. The average molecular weight is 299 g/mol. The first-order valence-electron chi connectivity index (χ1n) is 8.27. The van der Waals surface area contributed by atoms with E-state index in [9.17, 15) is 4.79 Å². The van der Waals surface area contributed by atoms with Gasteiger partial charge in [-0.1, -0.05) is 19.1 Å². The summed E-state index contributed by atoms with van der Waals surface area (Å²) in [5, 5.41) is 1.06. The molecule has 3 rings (SSSR count). The van der Waals surface area contributed by atoms with Gasteiger partial charge < -0.3 is 9.32 Å². The molecule has 0 saturated heterocycles. The maximum atomic E-state index is 12.6. The third kappa shape index (κ3) is 3.03. The lowest BCUT2D eigenvalue weighted by molar-refractivity contribution is -0.132. The van der Waals surface area contributed by atoms with Crippen LogP contribution in [0.4, 0.5) is 0 Å². The minimum absolute atomic E-state index is 0.197. The van der Waals surface area contributed by atoms with Gasteiger partial charge in [0.15, 0.2) is 0 Å². The number of fused-ring (bicyclic) bond motifs is 1. The Balaban J connectivity index is 1.70. The fraction of sp³-hybridized carbons (Fsp3) is 0.526. The minimum Gasteiger partial charge on any atom is -0.464 e. The number of likely N-dealkylation sites (N-methyl/N-ethyl adjacent to an activating group) is 1. The standard InChI is InChI=1S/C19H25NO2/c1-13-4-7-16(8-5-13)20(3)19(21)11-15-12-22-18-10-14(2)6-9-17(15)18/h6,9-10,12-13,16H,4-5,7-8,11H2,1-3H3. The molecule has 1 aromatic carbocycles. The summed E-state index contributed by atoms with van der Waals surface area (Å²) in [6, 6.07) is 6.55. The molecule has 2 aromatic rings. The van der Waals surface area contributed by atoms with Crippen molar-refractivity contribution >= 4 is 16.9 Å². The van der Waals surface area contributed by atoms with Crippen LogP contribution in [0.3, 0.4) is 0 Å². The van der Waals surface area contributed by atoms with Gasteiger partial charge in [-0.05, 0) is 50.2 Å². The van der Waals surface area contributed by atoms with E-state index in [1.807, 2.05) is 24.9 Å². The number of furan rings is 1. The Labute approximate surface area is 132 Å². The minimum atomic E-state index is 0.197.